The zero-order chi connectivity index (χ0) is 16.7. The molecule has 24 heavy (non-hydrogen) atoms. The van der Waals surface area contributed by atoms with Crippen LogP contribution in [0.25, 0.3) is 10.9 Å². The molecule has 2 aromatic rings. The van der Waals surface area contributed by atoms with Gasteiger partial charge in [0.1, 0.15) is 11.3 Å². The Labute approximate surface area is 140 Å². The van der Waals surface area contributed by atoms with Gasteiger partial charge < -0.3 is 14.6 Å². The molecule has 1 aromatic heterocycles. The van der Waals surface area contributed by atoms with Crippen LogP contribution < -0.4 is 4.74 Å². The molecule has 0 saturated heterocycles. The standard InChI is InChI=1S/C18H22N2O4/c1-23-18(22)15-7-11-10-20(12-3-2-4-13(21)8-12)19-16(11)9-17(15)24-14-5-6-14/h7,9-10,12-14,21H,2-6,8H2,1H3. The quantitative estimate of drug-likeness (QED) is 0.873. The Bertz CT molecular complexity index is 766. The summed E-state index contributed by atoms with van der Waals surface area (Å²) >= 11 is 0. The number of carbonyl (C=O) groups is 1. The van der Waals surface area contributed by atoms with Crippen LogP contribution in [0.1, 0.15) is 54.9 Å². The molecule has 1 N–H and O–H groups in total. The highest BCUT2D eigenvalue weighted by Crippen LogP contribution is 2.34. The molecule has 2 unspecified atom stereocenters. The molecule has 1 heterocycles. The number of aromatic nitrogens is 2. The van der Waals surface area contributed by atoms with Gasteiger partial charge >= 0.3 is 5.97 Å². The van der Waals surface area contributed by atoms with Crippen LogP contribution in [-0.2, 0) is 4.74 Å². The molecule has 128 valence electrons. The van der Waals surface area contributed by atoms with Crippen LogP contribution in [0, 0.1) is 0 Å². The summed E-state index contributed by atoms with van der Waals surface area (Å²) in [6.07, 6.45) is 7.54. The van der Waals surface area contributed by atoms with E-state index in [-0.39, 0.29) is 18.2 Å². The lowest BCUT2D eigenvalue weighted by Gasteiger charge is -2.25. The molecule has 6 heteroatoms. The van der Waals surface area contributed by atoms with Gasteiger partial charge in [-0.05, 0) is 44.6 Å². The highest BCUT2D eigenvalue weighted by molar-refractivity contribution is 5.97. The third-order valence-electron chi connectivity index (χ3n) is 4.84. The van der Waals surface area contributed by atoms with E-state index in [1.165, 1.54) is 7.11 Å². The number of rotatable bonds is 4. The summed E-state index contributed by atoms with van der Waals surface area (Å²) in [6.45, 7) is 0. The summed E-state index contributed by atoms with van der Waals surface area (Å²) in [5.74, 6) is 0.152. The lowest BCUT2D eigenvalue weighted by Crippen LogP contribution is -2.22. The van der Waals surface area contributed by atoms with E-state index in [1.807, 2.05) is 16.9 Å². The smallest absolute Gasteiger partial charge is 0.341 e. The normalized spacial score (nSPS) is 24.1. The number of hydrogen-bond donors (Lipinski definition) is 1. The maximum absolute atomic E-state index is 12.1. The molecular formula is C18H22N2O4. The van der Waals surface area contributed by atoms with E-state index in [9.17, 15) is 9.90 Å². The van der Waals surface area contributed by atoms with Gasteiger partial charge in [-0.25, -0.2) is 4.79 Å². The van der Waals surface area contributed by atoms with Crippen molar-refractivity contribution in [1.29, 1.82) is 0 Å². The maximum Gasteiger partial charge on any atom is 0.341 e. The minimum Gasteiger partial charge on any atom is -0.489 e. The van der Waals surface area contributed by atoms with Crippen molar-refractivity contribution in [3.8, 4) is 5.75 Å². The van der Waals surface area contributed by atoms with Crippen molar-refractivity contribution in [1.82, 2.24) is 9.78 Å². The van der Waals surface area contributed by atoms with Gasteiger partial charge in [0.2, 0.25) is 0 Å². The van der Waals surface area contributed by atoms with Crippen molar-refractivity contribution in [3.63, 3.8) is 0 Å². The topological polar surface area (TPSA) is 73.6 Å². The number of esters is 1. The largest absolute Gasteiger partial charge is 0.489 e. The second kappa shape index (κ2) is 6.09. The van der Waals surface area contributed by atoms with Crippen LogP contribution in [0.15, 0.2) is 18.3 Å². The fraction of sp³-hybridized carbons (Fsp3) is 0.556. The van der Waals surface area contributed by atoms with Gasteiger partial charge in [-0.1, -0.05) is 0 Å². The summed E-state index contributed by atoms with van der Waals surface area (Å²) in [6, 6.07) is 3.83. The van der Waals surface area contributed by atoms with Gasteiger partial charge in [-0.3, -0.25) is 4.68 Å². The van der Waals surface area contributed by atoms with E-state index < -0.39 is 5.97 Å². The monoisotopic (exact) mass is 330 g/mol. The Morgan fingerprint density at radius 2 is 2.12 bits per heavy atom. The maximum atomic E-state index is 12.1. The third-order valence-corrected chi connectivity index (χ3v) is 4.84. The Balaban J connectivity index is 1.71. The fourth-order valence-corrected chi connectivity index (χ4v) is 3.37. The molecule has 2 atom stereocenters. The number of carbonyl (C=O) groups excluding carboxylic acids is 1. The van der Waals surface area contributed by atoms with Crippen LogP contribution >= 0.6 is 0 Å². The van der Waals surface area contributed by atoms with Gasteiger partial charge in [0.25, 0.3) is 0 Å². The minimum atomic E-state index is -0.395. The van der Waals surface area contributed by atoms with Gasteiger partial charge in [-0.15, -0.1) is 0 Å². The molecule has 2 fully saturated rings. The number of methoxy groups -OCH3 is 1. The number of hydrogen-bond acceptors (Lipinski definition) is 5. The lowest BCUT2D eigenvalue weighted by atomic mass is 9.93. The molecule has 4 rings (SSSR count). The number of fused-ring (bicyclic) bond motifs is 1. The number of nitrogens with zero attached hydrogens (tertiary/aromatic N) is 2. The van der Waals surface area contributed by atoms with Crippen molar-refractivity contribution in [2.24, 2.45) is 0 Å². The van der Waals surface area contributed by atoms with Crippen LogP contribution in [0.2, 0.25) is 0 Å². The first-order chi connectivity index (χ1) is 11.6. The van der Waals surface area contributed by atoms with Crippen molar-refractivity contribution >= 4 is 16.9 Å². The first-order valence-electron chi connectivity index (χ1n) is 8.60. The first-order valence-corrected chi connectivity index (χ1v) is 8.60. The molecule has 0 aliphatic heterocycles. The van der Waals surface area contributed by atoms with Crippen LogP contribution in [-0.4, -0.2) is 40.2 Å². The fourth-order valence-electron chi connectivity index (χ4n) is 3.37. The Morgan fingerprint density at radius 1 is 1.29 bits per heavy atom. The zero-order valence-corrected chi connectivity index (χ0v) is 13.8. The van der Waals surface area contributed by atoms with E-state index in [2.05, 4.69) is 5.10 Å². The molecular weight excluding hydrogens is 308 g/mol. The number of aliphatic hydroxyl groups is 1. The van der Waals surface area contributed by atoms with Crippen LogP contribution in [0.3, 0.4) is 0 Å². The molecule has 0 radical (unpaired) electrons. The molecule has 2 aliphatic rings. The van der Waals surface area contributed by atoms with E-state index in [0.29, 0.717) is 11.3 Å². The van der Waals surface area contributed by atoms with Crippen molar-refractivity contribution in [2.45, 2.75) is 56.8 Å². The molecule has 2 saturated carbocycles. The Morgan fingerprint density at radius 3 is 2.83 bits per heavy atom. The van der Waals surface area contributed by atoms with Gasteiger partial charge in [0.05, 0.1) is 30.9 Å². The number of aliphatic hydroxyl groups excluding tert-OH is 1. The van der Waals surface area contributed by atoms with E-state index in [1.54, 1.807) is 6.07 Å². The van der Waals surface area contributed by atoms with Gasteiger partial charge in [0.15, 0.2) is 0 Å². The average Bonchev–Trinajstić information content (AvgIpc) is 3.29. The van der Waals surface area contributed by atoms with Crippen molar-refractivity contribution < 1.29 is 19.4 Å². The highest BCUT2D eigenvalue weighted by Gasteiger charge is 2.27. The summed E-state index contributed by atoms with van der Waals surface area (Å²) < 4.78 is 12.7. The molecule has 0 bridgehead atoms. The summed E-state index contributed by atoms with van der Waals surface area (Å²) in [7, 11) is 1.38. The summed E-state index contributed by atoms with van der Waals surface area (Å²) in [5.41, 5.74) is 1.25. The van der Waals surface area contributed by atoms with Gasteiger partial charge in [-0.2, -0.15) is 5.10 Å². The predicted octanol–water partition coefficient (Wildman–Crippen LogP) is 2.84. The highest BCUT2D eigenvalue weighted by atomic mass is 16.5. The number of benzene rings is 1. The second-order valence-electron chi connectivity index (χ2n) is 6.80. The lowest BCUT2D eigenvalue weighted by molar-refractivity contribution is 0.0596. The average molecular weight is 330 g/mol. The zero-order valence-electron chi connectivity index (χ0n) is 13.8. The van der Waals surface area contributed by atoms with Crippen molar-refractivity contribution in [3.05, 3.63) is 23.9 Å². The predicted molar refractivity (Wildman–Crippen MR) is 88.2 cm³/mol. The van der Waals surface area contributed by atoms with E-state index in [0.717, 1.165) is 49.4 Å². The van der Waals surface area contributed by atoms with Gasteiger partial charge in [0, 0.05) is 17.6 Å². The summed E-state index contributed by atoms with van der Waals surface area (Å²) in [4.78, 5) is 12.1. The van der Waals surface area contributed by atoms with E-state index in [4.69, 9.17) is 9.47 Å². The SMILES string of the molecule is COC(=O)c1cc2cn(C3CCCC(O)C3)nc2cc1OC1CC1. The van der Waals surface area contributed by atoms with E-state index >= 15 is 0 Å². The molecule has 2 aliphatic carbocycles. The Hall–Kier alpha value is -2.08. The third kappa shape index (κ3) is 2.98. The molecule has 6 nitrogen and oxygen atoms in total. The molecule has 1 aromatic carbocycles. The molecule has 0 spiro atoms. The van der Waals surface area contributed by atoms with Crippen LogP contribution in [0.4, 0.5) is 0 Å². The Kier molecular flexibility index (Phi) is 3.92. The molecule has 0 amide bonds. The minimum absolute atomic E-state index is 0.196. The van der Waals surface area contributed by atoms with Crippen LogP contribution in [0.5, 0.6) is 5.75 Å². The summed E-state index contributed by atoms with van der Waals surface area (Å²) in [5, 5.41) is 15.4. The first kappa shape index (κ1) is 15.4. The number of ether oxygens (including phenoxy) is 2. The van der Waals surface area contributed by atoms with Crippen molar-refractivity contribution in [2.75, 3.05) is 7.11 Å². The second-order valence-corrected chi connectivity index (χ2v) is 6.80.